The summed E-state index contributed by atoms with van der Waals surface area (Å²) in [6.07, 6.45) is 3.87. The number of unbranched alkanes of at least 4 members (excludes halogenated alkanes) is 1. The van der Waals surface area contributed by atoms with E-state index in [9.17, 15) is 0 Å². The fourth-order valence-corrected chi connectivity index (χ4v) is 1.94. The molecule has 0 saturated carbocycles. The number of ether oxygens (including phenoxy) is 2. The molecule has 108 valence electrons. The molecular formula is C15H21N3O2. The summed E-state index contributed by atoms with van der Waals surface area (Å²) in [7, 11) is 1.68. The number of benzene rings is 1. The molecule has 0 bridgehead atoms. The van der Waals surface area contributed by atoms with Crippen LogP contribution in [0.25, 0.3) is 10.9 Å². The van der Waals surface area contributed by atoms with Crippen LogP contribution in [0.15, 0.2) is 30.5 Å². The lowest BCUT2D eigenvalue weighted by atomic mass is 10.2. The summed E-state index contributed by atoms with van der Waals surface area (Å²) in [5, 5.41) is 12.6. The van der Waals surface area contributed by atoms with Gasteiger partial charge in [-0.1, -0.05) is 18.2 Å². The monoisotopic (exact) mass is 275 g/mol. The fourth-order valence-electron chi connectivity index (χ4n) is 1.94. The van der Waals surface area contributed by atoms with Crippen molar-refractivity contribution in [1.82, 2.24) is 10.2 Å². The summed E-state index contributed by atoms with van der Waals surface area (Å²) < 4.78 is 10.3. The van der Waals surface area contributed by atoms with Crippen LogP contribution in [0.2, 0.25) is 0 Å². The first-order valence-corrected chi connectivity index (χ1v) is 6.93. The van der Waals surface area contributed by atoms with Gasteiger partial charge in [0.25, 0.3) is 0 Å². The predicted molar refractivity (Wildman–Crippen MR) is 80.0 cm³/mol. The third-order valence-corrected chi connectivity index (χ3v) is 3.01. The van der Waals surface area contributed by atoms with Crippen LogP contribution >= 0.6 is 0 Å². The van der Waals surface area contributed by atoms with Gasteiger partial charge in [0.1, 0.15) is 0 Å². The summed E-state index contributed by atoms with van der Waals surface area (Å²) >= 11 is 0. The standard InChI is InChI=1S/C15H21N3O2/c1-19-10-11-20-9-5-4-8-16-15-12-17-18-14-7-3-2-6-13(14)15/h2-3,6-7,12H,4-5,8-11H2,1H3,(H,16,18). The van der Waals surface area contributed by atoms with Crippen LogP contribution < -0.4 is 5.32 Å². The second-order valence-corrected chi connectivity index (χ2v) is 4.51. The van der Waals surface area contributed by atoms with E-state index in [-0.39, 0.29) is 0 Å². The second kappa shape index (κ2) is 8.45. The first-order valence-electron chi connectivity index (χ1n) is 6.93. The minimum absolute atomic E-state index is 0.660. The van der Waals surface area contributed by atoms with Gasteiger partial charge in [-0.15, -0.1) is 0 Å². The van der Waals surface area contributed by atoms with E-state index in [1.54, 1.807) is 13.3 Å². The Morgan fingerprint density at radius 3 is 2.90 bits per heavy atom. The SMILES string of the molecule is COCCOCCCCNc1cnnc2ccccc12. The molecule has 0 saturated heterocycles. The molecule has 0 aliphatic heterocycles. The lowest BCUT2D eigenvalue weighted by Crippen LogP contribution is -2.06. The van der Waals surface area contributed by atoms with Crippen molar-refractivity contribution in [2.45, 2.75) is 12.8 Å². The van der Waals surface area contributed by atoms with Gasteiger partial charge >= 0.3 is 0 Å². The molecule has 0 aliphatic carbocycles. The van der Waals surface area contributed by atoms with Crippen molar-refractivity contribution in [1.29, 1.82) is 0 Å². The molecule has 2 rings (SSSR count). The van der Waals surface area contributed by atoms with Crippen LogP contribution in [0.4, 0.5) is 5.69 Å². The smallest absolute Gasteiger partial charge is 0.0950 e. The number of methoxy groups -OCH3 is 1. The Kier molecular flexibility index (Phi) is 6.20. The Labute approximate surface area is 119 Å². The molecule has 0 fully saturated rings. The van der Waals surface area contributed by atoms with E-state index in [0.717, 1.165) is 42.6 Å². The first-order chi connectivity index (χ1) is 9.92. The Hall–Kier alpha value is -1.72. The van der Waals surface area contributed by atoms with Gasteiger partial charge in [-0.2, -0.15) is 10.2 Å². The molecule has 0 radical (unpaired) electrons. The lowest BCUT2D eigenvalue weighted by Gasteiger charge is -2.08. The Balaban J connectivity index is 1.71. The summed E-state index contributed by atoms with van der Waals surface area (Å²) in [6.45, 7) is 3.01. The Bertz CT molecular complexity index is 514. The number of nitrogens with one attached hydrogen (secondary N) is 1. The van der Waals surface area contributed by atoms with Crippen molar-refractivity contribution in [3.05, 3.63) is 30.5 Å². The topological polar surface area (TPSA) is 56.3 Å². The Morgan fingerprint density at radius 1 is 1.10 bits per heavy atom. The van der Waals surface area contributed by atoms with Crippen LogP contribution in [0.3, 0.4) is 0 Å². The van der Waals surface area contributed by atoms with Gasteiger partial charge in [-0.25, -0.2) is 0 Å². The highest BCUT2D eigenvalue weighted by Crippen LogP contribution is 2.19. The zero-order valence-corrected chi connectivity index (χ0v) is 11.8. The number of aromatic nitrogens is 2. The molecule has 1 aromatic carbocycles. The lowest BCUT2D eigenvalue weighted by molar-refractivity contribution is 0.0691. The van der Waals surface area contributed by atoms with Gasteiger partial charge < -0.3 is 14.8 Å². The van der Waals surface area contributed by atoms with Gasteiger partial charge in [0, 0.05) is 25.6 Å². The molecule has 0 atom stereocenters. The van der Waals surface area contributed by atoms with E-state index in [4.69, 9.17) is 9.47 Å². The normalized spacial score (nSPS) is 10.8. The third-order valence-electron chi connectivity index (χ3n) is 3.01. The van der Waals surface area contributed by atoms with Crippen molar-refractivity contribution in [2.24, 2.45) is 0 Å². The molecule has 20 heavy (non-hydrogen) atoms. The molecule has 0 aliphatic rings. The number of fused-ring (bicyclic) bond motifs is 1. The van der Waals surface area contributed by atoms with E-state index in [2.05, 4.69) is 21.6 Å². The predicted octanol–water partition coefficient (Wildman–Crippen LogP) is 2.48. The molecule has 1 heterocycles. The van der Waals surface area contributed by atoms with E-state index >= 15 is 0 Å². The van der Waals surface area contributed by atoms with Gasteiger partial charge in [0.2, 0.25) is 0 Å². The third kappa shape index (κ3) is 4.43. The molecule has 1 aromatic heterocycles. The number of anilines is 1. The molecule has 1 N–H and O–H groups in total. The van der Waals surface area contributed by atoms with Crippen LogP contribution in [-0.2, 0) is 9.47 Å². The van der Waals surface area contributed by atoms with Crippen LogP contribution in [-0.4, -0.2) is 43.7 Å². The highest BCUT2D eigenvalue weighted by Gasteiger charge is 2.01. The van der Waals surface area contributed by atoms with Gasteiger partial charge in [0.15, 0.2) is 0 Å². The van der Waals surface area contributed by atoms with Crippen molar-refractivity contribution in [3.8, 4) is 0 Å². The van der Waals surface area contributed by atoms with E-state index in [0.29, 0.717) is 13.2 Å². The van der Waals surface area contributed by atoms with Gasteiger partial charge in [0.05, 0.1) is 30.6 Å². The molecule has 2 aromatic rings. The number of hydrogen-bond acceptors (Lipinski definition) is 5. The quantitative estimate of drug-likeness (QED) is 0.712. The maximum Gasteiger partial charge on any atom is 0.0950 e. The van der Waals surface area contributed by atoms with E-state index in [1.807, 2.05) is 18.2 Å². The average Bonchev–Trinajstić information content (AvgIpc) is 2.50. The first kappa shape index (κ1) is 14.7. The zero-order valence-electron chi connectivity index (χ0n) is 11.8. The molecule has 0 spiro atoms. The van der Waals surface area contributed by atoms with Gasteiger partial charge in [-0.05, 0) is 18.9 Å². The summed E-state index contributed by atoms with van der Waals surface area (Å²) in [4.78, 5) is 0. The van der Waals surface area contributed by atoms with E-state index < -0.39 is 0 Å². The highest BCUT2D eigenvalue weighted by molar-refractivity contribution is 5.90. The summed E-state index contributed by atoms with van der Waals surface area (Å²) in [6, 6.07) is 8.01. The van der Waals surface area contributed by atoms with E-state index in [1.165, 1.54) is 0 Å². The van der Waals surface area contributed by atoms with Crippen molar-refractivity contribution >= 4 is 16.6 Å². The maximum atomic E-state index is 5.42. The maximum absolute atomic E-state index is 5.42. The molecular weight excluding hydrogens is 254 g/mol. The van der Waals surface area contributed by atoms with Crippen molar-refractivity contribution in [3.63, 3.8) is 0 Å². The van der Waals surface area contributed by atoms with Crippen LogP contribution in [0.1, 0.15) is 12.8 Å². The highest BCUT2D eigenvalue weighted by atomic mass is 16.5. The van der Waals surface area contributed by atoms with Crippen LogP contribution in [0, 0.1) is 0 Å². The Morgan fingerprint density at radius 2 is 2.00 bits per heavy atom. The molecule has 0 unspecified atom stereocenters. The minimum atomic E-state index is 0.660. The summed E-state index contributed by atoms with van der Waals surface area (Å²) in [5.74, 6) is 0. The molecule has 5 nitrogen and oxygen atoms in total. The number of rotatable bonds is 9. The van der Waals surface area contributed by atoms with Crippen LogP contribution in [0.5, 0.6) is 0 Å². The average molecular weight is 275 g/mol. The number of nitrogens with zero attached hydrogens (tertiary/aromatic N) is 2. The molecule has 0 amide bonds. The van der Waals surface area contributed by atoms with Gasteiger partial charge in [-0.3, -0.25) is 0 Å². The number of hydrogen-bond donors (Lipinski definition) is 1. The fraction of sp³-hybridized carbons (Fsp3) is 0.467. The van der Waals surface area contributed by atoms with Crippen molar-refractivity contribution < 1.29 is 9.47 Å². The summed E-state index contributed by atoms with van der Waals surface area (Å²) in [5.41, 5.74) is 1.95. The minimum Gasteiger partial charge on any atom is -0.383 e. The zero-order chi connectivity index (χ0) is 14.0. The second-order valence-electron chi connectivity index (χ2n) is 4.51. The van der Waals surface area contributed by atoms with Crippen molar-refractivity contribution in [2.75, 3.05) is 38.8 Å². The molecule has 5 heteroatoms. The largest absolute Gasteiger partial charge is 0.383 e.